The lowest BCUT2D eigenvalue weighted by molar-refractivity contribution is -0.129. The van der Waals surface area contributed by atoms with E-state index in [1.165, 1.54) is 5.56 Å². The Morgan fingerprint density at radius 1 is 1.07 bits per heavy atom. The van der Waals surface area contributed by atoms with E-state index in [0.717, 1.165) is 5.56 Å². The first-order valence-electron chi connectivity index (χ1n) is 8.54. The summed E-state index contributed by atoms with van der Waals surface area (Å²) in [6, 6.07) is 11.2. The highest BCUT2D eigenvalue weighted by Gasteiger charge is 2.25. The minimum absolute atomic E-state index is 0.0495. The molecule has 2 aromatic carbocycles. The number of aliphatic imine (C=N–C) groups is 1. The lowest BCUT2D eigenvalue weighted by Crippen LogP contribution is -2.11. The van der Waals surface area contributed by atoms with Crippen LogP contribution in [0.2, 0.25) is 5.02 Å². The van der Waals surface area contributed by atoms with E-state index in [4.69, 9.17) is 25.8 Å². The summed E-state index contributed by atoms with van der Waals surface area (Å²) in [6.45, 7) is 6.59. The van der Waals surface area contributed by atoms with Crippen LogP contribution in [0.4, 0.5) is 0 Å². The zero-order chi connectivity index (χ0) is 19.2. The van der Waals surface area contributed by atoms with Gasteiger partial charge < -0.3 is 14.2 Å². The highest BCUT2D eigenvalue weighted by atomic mass is 35.5. The van der Waals surface area contributed by atoms with Crippen LogP contribution in [0.25, 0.3) is 6.08 Å². The Balaban J connectivity index is 1.65. The van der Waals surface area contributed by atoms with E-state index in [2.05, 4.69) is 25.8 Å². The van der Waals surface area contributed by atoms with Gasteiger partial charge in [-0.2, -0.15) is 0 Å². The number of fused-ring (bicyclic) bond motifs is 1. The molecule has 0 aliphatic carbocycles. The van der Waals surface area contributed by atoms with E-state index in [-0.39, 0.29) is 23.8 Å². The summed E-state index contributed by atoms with van der Waals surface area (Å²) in [6.07, 6.45) is 1.59. The number of hydrogen-bond donors (Lipinski definition) is 0. The maximum atomic E-state index is 12.2. The van der Waals surface area contributed by atoms with Crippen molar-refractivity contribution in [3.63, 3.8) is 0 Å². The molecule has 0 spiro atoms. The second-order valence-corrected chi connectivity index (χ2v) is 7.80. The summed E-state index contributed by atoms with van der Waals surface area (Å²) in [4.78, 5) is 16.6. The predicted molar refractivity (Wildman–Crippen MR) is 103 cm³/mol. The largest absolute Gasteiger partial charge is 0.454 e. The topological polar surface area (TPSA) is 57.1 Å². The zero-order valence-corrected chi connectivity index (χ0v) is 16.0. The summed E-state index contributed by atoms with van der Waals surface area (Å²) < 4.78 is 16.0. The third kappa shape index (κ3) is 3.43. The average molecular weight is 384 g/mol. The smallest absolute Gasteiger partial charge is 0.363 e. The number of esters is 1. The maximum absolute atomic E-state index is 12.2. The molecule has 2 aromatic rings. The SMILES string of the molecule is CC(C)(C)c1ccc(C2=NC(=Cc3cc4c(cc3Cl)OCO4)C(=O)O2)cc1. The molecule has 5 nitrogen and oxygen atoms in total. The van der Waals surface area contributed by atoms with Crippen molar-refractivity contribution >= 4 is 29.5 Å². The van der Waals surface area contributed by atoms with Crippen molar-refractivity contribution in [1.29, 1.82) is 0 Å². The third-order valence-electron chi connectivity index (χ3n) is 4.40. The van der Waals surface area contributed by atoms with Gasteiger partial charge in [0.15, 0.2) is 17.2 Å². The summed E-state index contributed by atoms with van der Waals surface area (Å²) >= 11 is 6.27. The van der Waals surface area contributed by atoms with Crippen molar-refractivity contribution in [2.45, 2.75) is 26.2 Å². The molecule has 2 aliphatic rings. The van der Waals surface area contributed by atoms with Crippen LogP contribution >= 0.6 is 11.6 Å². The Hall–Kier alpha value is -2.79. The van der Waals surface area contributed by atoms with Gasteiger partial charge in [0.05, 0.1) is 5.02 Å². The number of halogens is 1. The van der Waals surface area contributed by atoms with Crippen molar-refractivity contribution in [2.75, 3.05) is 6.79 Å². The zero-order valence-electron chi connectivity index (χ0n) is 15.2. The van der Waals surface area contributed by atoms with Crippen molar-refractivity contribution in [3.8, 4) is 11.5 Å². The molecule has 0 N–H and O–H groups in total. The highest BCUT2D eigenvalue weighted by molar-refractivity contribution is 6.32. The Morgan fingerprint density at radius 2 is 1.74 bits per heavy atom. The summed E-state index contributed by atoms with van der Waals surface area (Å²) in [5.74, 6) is 0.932. The number of ether oxygens (including phenoxy) is 3. The molecule has 0 amide bonds. The van der Waals surface area contributed by atoms with Crippen LogP contribution in [-0.4, -0.2) is 18.7 Å². The van der Waals surface area contributed by atoms with Crippen LogP contribution in [0, 0.1) is 0 Å². The molecular formula is C21H18ClNO4. The first kappa shape index (κ1) is 17.6. The van der Waals surface area contributed by atoms with Crippen LogP contribution in [0.1, 0.15) is 37.5 Å². The number of carbonyl (C=O) groups excluding carboxylic acids is 1. The predicted octanol–water partition coefficient (Wildman–Crippen LogP) is 4.71. The Labute approximate surface area is 162 Å². The molecule has 0 saturated carbocycles. The molecule has 27 heavy (non-hydrogen) atoms. The Kier molecular flexibility index (Phi) is 4.19. The Morgan fingerprint density at radius 3 is 2.41 bits per heavy atom. The molecule has 0 aromatic heterocycles. The van der Waals surface area contributed by atoms with E-state index >= 15 is 0 Å². The van der Waals surface area contributed by atoms with Gasteiger partial charge in [0.1, 0.15) is 0 Å². The molecule has 0 atom stereocenters. The van der Waals surface area contributed by atoms with Gasteiger partial charge in [0.25, 0.3) is 0 Å². The molecular weight excluding hydrogens is 366 g/mol. The molecule has 2 aliphatic heterocycles. The Bertz CT molecular complexity index is 984. The van der Waals surface area contributed by atoms with Crippen molar-refractivity contribution < 1.29 is 19.0 Å². The summed E-state index contributed by atoms with van der Waals surface area (Å²) in [7, 11) is 0. The van der Waals surface area contributed by atoms with E-state index in [1.807, 2.05) is 24.3 Å². The minimum atomic E-state index is -0.515. The monoisotopic (exact) mass is 383 g/mol. The standard InChI is InChI=1S/C21H18ClNO4/c1-21(2,3)14-6-4-12(5-7-14)19-23-16(20(24)27-19)8-13-9-17-18(10-15(13)22)26-11-25-17/h4-10H,11H2,1-3H3. The second kappa shape index (κ2) is 6.43. The van der Waals surface area contributed by atoms with Gasteiger partial charge in [0, 0.05) is 11.6 Å². The van der Waals surface area contributed by atoms with Crippen LogP contribution in [0.5, 0.6) is 11.5 Å². The van der Waals surface area contributed by atoms with E-state index in [0.29, 0.717) is 22.1 Å². The number of hydrogen-bond acceptors (Lipinski definition) is 5. The fraction of sp³-hybridized carbons (Fsp3) is 0.238. The molecule has 0 fully saturated rings. The molecule has 0 unspecified atom stereocenters. The average Bonchev–Trinajstić information content (AvgIpc) is 3.21. The van der Waals surface area contributed by atoms with Gasteiger partial charge in [-0.3, -0.25) is 0 Å². The van der Waals surface area contributed by atoms with Gasteiger partial charge in [0.2, 0.25) is 12.7 Å². The lowest BCUT2D eigenvalue weighted by atomic mass is 9.87. The van der Waals surface area contributed by atoms with E-state index in [1.54, 1.807) is 18.2 Å². The first-order valence-corrected chi connectivity index (χ1v) is 8.92. The van der Waals surface area contributed by atoms with Gasteiger partial charge in [-0.1, -0.05) is 44.5 Å². The van der Waals surface area contributed by atoms with E-state index < -0.39 is 5.97 Å². The molecule has 2 heterocycles. The molecule has 0 bridgehead atoms. The molecule has 138 valence electrons. The first-order chi connectivity index (χ1) is 12.8. The minimum Gasteiger partial charge on any atom is -0.454 e. The number of rotatable bonds is 2. The normalized spacial score (nSPS) is 17.3. The van der Waals surface area contributed by atoms with Crippen LogP contribution in [0.3, 0.4) is 0 Å². The summed E-state index contributed by atoms with van der Waals surface area (Å²) in [5.41, 5.74) is 2.79. The van der Waals surface area contributed by atoms with Crippen LogP contribution in [-0.2, 0) is 14.9 Å². The maximum Gasteiger partial charge on any atom is 0.363 e. The lowest BCUT2D eigenvalue weighted by Gasteiger charge is -2.18. The number of nitrogens with zero attached hydrogens (tertiary/aromatic N) is 1. The number of benzene rings is 2. The van der Waals surface area contributed by atoms with Crippen molar-refractivity contribution in [1.82, 2.24) is 0 Å². The number of carbonyl (C=O) groups is 1. The molecule has 0 radical (unpaired) electrons. The van der Waals surface area contributed by atoms with Crippen molar-refractivity contribution in [2.24, 2.45) is 4.99 Å². The fourth-order valence-corrected chi connectivity index (χ4v) is 3.04. The highest BCUT2D eigenvalue weighted by Crippen LogP contribution is 2.38. The van der Waals surface area contributed by atoms with Gasteiger partial charge >= 0.3 is 5.97 Å². The third-order valence-corrected chi connectivity index (χ3v) is 4.73. The fourth-order valence-electron chi connectivity index (χ4n) is 2.84. The van der Waals surface area contributed by atoms with Gasteiger partial charge in [-0.15, -0.1) is 0 Å². The van der Waals surface area contributed by atoms with Crippen LogP contribution < -0.4 is 9.47 Å². The van der Waals surface area contributed by atoms with Crippen LogP contribution in [0.15, 0.2) is 47.1 Å². The summed E-state index contributed by atoms with van der Waals surface area (Å²) in [5, 5.41) is 0.442. The number of cyclic esters (lactones) is 1. The van der Waals surface area contributed by atoms with Gasteiger partial charge in [-0.25, -0.2) is 9.79 Å². The molecule has 0 saturated heterocycles. The molecule has 6 heteroatoms. The molecule has 4 rings (SSSR count). The van der Waals surface area contributed by atoms with Gasteiger partial charge in [-0.05, 0) is 40.8 Å². The second-order valence-electron chi connectivity index (χ2n) is 7.39. The van der Waals surface area contributed by atoms with Crippen molar-refractivity contribution in [3.05, 3.63) is 63.8 Å². The quantitative estimate of drug-likeness (QED) is 0.556. The van der Waals surface area contributed by atoms with E-state index in [9.17, 15) is 4.79 Å².